The van der Waals surface area contributed by atoms with Crippen LogP contribution in [0.5, 0.6) is 0 Å². The fourth-order valence-electron chi connectivity index (χ4n) is 1.97. The third kappa shape index (κ3) is 3.67. The quantitative estimate of drug-likeness (QED) is 0.770. The Balaban J connectivity index is 1.65. The SMILES string of the molecule is O=C(NCc1cc(-c2ccc(Cl)cc2)on1)c1ccc(=O)[nH]c1. The first-order chi connectivity index (χ1) is 11.1. The molecule has 0 aliphatic heterocycles. The number of hydrogen-bond donors (Lipinski definition) is 2. The van der Waals surface area contributed by atoms with E-state index in [1.54, 1.807) is 18.2 Å². The number of rotatable bonds is 4. The molecule has 6 nitrogen and oxygen atoms in total. The lowest BCUT2D eigenvalue weighted by Crippen LogP contribution is -2.23. The highest BCUT2D eigenvalue weighted by molar-refractivity contribution is 6.30. The van der Waals surface area contributed by atoms with Crippen molar-refractivity contribution < 1.29 is 9.32 Å². The van der Waals surface area contributed by atoms with E-state index in [1.807, 2.05) is 12.1 Å². The molecule has 0 fully saturated rings. The number of halogens is 1. The Morgan fingerprint density at radius 2 is 2.00 bits per heavy atom. The highest BCUT2D eigenvalue weighted by Gasteiger charge is 2.09. The number of H-pyrrole nitrogens is 1. The highest BCUT2D eigenvalue weighted by Crippen LogP contribution is 2.22. The molecule has 0 atom stereocenters. The lowest BCUT2D eigenvalue weighted by molar-refractivity contribution is 0.0949. The molecule has 0 saturated carbocycles. The Morgan fingerprint density at radius 1 is 1.22 bits per heavy atom. The molecule has 3 aromatic rings. The van der Waals surface area contributed by atoms with Gasteiger partial charge in [-0.3, -0.25) is 9.59 Å². The van der Waals surface area contributed by atoms with Gasteiger partial charge in [0.15, 0.2) is 5.76 Å². The van der Waals surface area contributed by atoms with Crippen molar-refractivity contribution in [1.29, 1.82) is 0 Å². The summed E-state index contributed by atoms with van der Waals surface area (Å²) in [5.74, 6) is 0.284. The molecule has 1 amide bonds. The predicted molar refractivity (Wildman–Crippen MR) is 85.2 cm³/mol. The third-order valence-corrected chi connectivity index (χ3v) is 3.42. The summed E-state index contributed by atoms with van der Waals surface area (Å²) in [6.07, 6.45) is 1.36. The normalized spacial score (nSPS) is 10.5. The summed E-state index contributed by atoms with van der Waals surface area (Å²) in [5.41, 5.74) is 1.55. The van der Waals surface area contributed by atoms with Crippen LogP contribution in [-0.2, 0) is 6.54 Å². The summed E-state index contributed by atoms with van der Waals surface area (Å²) in [6, 6.07) is 11.7. The zero-order chi connectivity index (χ0) is 16.2. The number of nitrogens with one attached hydrogen (secondary N) is 2. The van der Waals surface area contributed by atoms with Gasteiger partial charge in [-0.25, -0.2) is 0 Å². The molecule has 0 bridgehead atoms. The number of amides is 1. The third-order valence-electron chi connectivity index (χ3n) is 3.16. The van der Waals surface area contributed by atoms with Gasteiger partial charge in [0.25, 0.3) is 5.91 Å². The van der Waals surface area contributed by atoms with Crippen molar-refractivity contribution in [2.24, 2.45) is 0 Å². The highest BCUT2D eigenvalue weighted by atomic mass is 35.5. The summed E-state index contributed by atoms with van der Waals surface area (Å²) < 4.78 is 5.25. The molecule has 0 unspecified atom stereocenters. The van der Waals surface area contributed by atoms with Crippen LogP contribution in [0.2, 0.25) is 5.02 Å². The van der Waals surface area contributed by atoms with Crippen molar-refractivity contribution in [3.05, 3.63) is 75.3 Å². The molecule has 116 valence electrons. The van der Waals surface area contributed by atoms with Crippen molar-refractivity contribution in [2.75, 3.05) is 0 Å². The van der Waals surface area contributed by atoms with E-state index in [-0.39, 0.29) is 18.0 Å². The number of carbonyl (C=O) groups is 1. The van der Waals surface area contributed by atoms with Gasteiger partial charge in [-0.1, -0.05) is 16.8 Å². The van der Waals surface area contributed by atoms with Gasteiger partial charge in [0.1, 0.15) is 5.69 Å². The van der Waals surface area contributed by atoms with E-state index in [9.17, 15) is 9.59 Å². The number of pyridine rings is 1. The van der Waals surface area contributed by atoms with Crippen LogP contribution in [0.4, 0.5) is 0 Å². The summed E-state index contributed by atoms with van der Waals surface area (Å²) in [4.78, 5) is 25.3. The van der Waals surface area contributed by atoms with Gasteiger partial charge in [0.2, 0.25) is 5.56 Å². The smallest absolute Gasteiger partial charge is 0.253 e. The monoisotopic (exact) mass is 329 g/mol. The standard InChI is InChI=1S/C16H12ClN3O3/c17-12-4-1-10(2-5-12)14-7-13(20-23-14)9-19-16(22)11-3-6-15(21)18-8-11/h1-8H,9H2,(H,18,21)(H,19,22). The molecule has 2 heterocycles. The second-order valence-corrected chi connectivity index (χ2v) is 5.25. The van der Waals surface area contributed by atoms with Gasteiger partial charge in [-0.15, -0.1) is 0 Å². The molecular formula is C16H12ClN3O3. The summed E-state index contributed by atoms with van der Waals surface area (Å²) in [7, 11) is 0. The number of hydrogen-bond acceptors (Lipinski definition) is 4. The van der Waals surface area contributed by atoms with Gasteiger partial charge in [0, 0.05) is 28.9 Å². The van der Waals surface area contributed by atoms with Crippen molar-refractivity contribution in [3.8, 4) is 11.3 Å². The average molecular weight is 330 g/mol. The van der Waals surface area contributed by atoms with Crippen LogP contribution in [0.1, 0.15) is 16.1 Å². The van der Waals surface area contributed by atoms with Crippen molar-refractivity contribution in [2.45, 2.75) is 6.54 Å². The van der Waals surface area contributed by atoms with Crippen LogP contribution in [0.3, 0.4) is 0 Å². The van der Waals surface area contributed by atoms with Crippen LogP contribution in [-0.4, -0.2) is 16.0 Å². The number of benzene rings is 1. The fraction of sp³-hybridized carbons (Fsp3) is 0.0625. The van der Waals surface area contributed by atoms with Gasteiger partial charge < -0.3 is 14.8 Å². The molecule has 0 saturated heterocycles. The summed E-state index contributed by atoms with van der Waals surface area (Å²) in [6.45, 7) is 0.217. The predicted octanol–water partition coefficient (Wildman–Crippen LogP) is 2.61. The van der Waals surface area contributed by atoms with Crippen LogP contribution in [0, 0.1) is 0 Å². The molecule has 7 heteroatoms. The molecule has 23 heavy (non-hydrogen) atoms. The second kappa shape index (κ2) is 6.50. The van der Waals surface area contributed by atoms with Crippen LogP contribution >= 0.6 is 11.6 Å². The zero-order valence-corrected chi connectivity index (χ0v) is 12.6. The lowest BCUT2D eigenvalue weighted by atomic mass is 10.1. The van der Waals surface area contributed by atoms with E-state index in [4.69, 9.17) is 16.1 Å². The van der Waals surface area contributed by atoms with E-state index < -0.39 is 0 Å². The molecule has 0 spiro atoms. The maximum absolute atomic E-state index is 11.9. The molecule has 2 N–H and O–H groups in total. The first-order valence-electron chi connectivity index (χ1n) is 6.80. The van der Waals surface area contributed by atoms with Gasteiger partial charge in [-0.05, 0) is 30.3 Å². The van der Waals surface area contributed by atoms with E-state index in [0.29, 0.717) is 22.0 Å². The van der Waals surface area contributed by atoms with Crippen LogP contribution in [0.25, 0.3) is 11.3 Å². The zero-order valence-electron chi connectivity index (χ0n) is 11.9. The van der Waals surface area contributed by atoms with Crippen LogP contribution in [0.15, 0.2) is 58.0 Å². The molecular weight excluding hydrogens is 318 g/mol. The lowest BCUT2D eigenvalue weighted by Gasteiger charge is -2.01. The number of nitrogens with zero attached hydrogens (tertiary/aromatic N) is 1. The number of aromatic nitrogens is 2. The van der Waals surface area contributed by atoms with E-state index >= 15 is 0 Å². The van der Waals surface area contributed by atoms with Crippen LogP contribution < -0.4 is 10.9 Å². The molecule has 0 radical (unpaired) electrons. The summed E-state index contributed by atoms with van der Waals surface area (Å²) in [5, 5.41) is 7.26. The van der Waals surface area contributed by atoms with E-state index in [1.165, 1.54) is 18.3 Å². The maximum atomic E-state index is 11.9. The minimum Gasteiger partial charge on any atom is -0.356 e. The Hall–Kier alpha value is -2.86. The van der Waals surface area contributed by atoms with Gasteiger partial charge >= 0.3 is 0 Å². The minimum atomic E-state index is -0.308. The van der Waals surface area contributed by atoms with Crippen molar-refractivity contribution in [1.82, 2.24) is 15.5 Å². The Bertz CT molecular complexity index is 864. The van der Waals surface area contributed by atoms with Gasteiger partial charge in [0.05, 0.1) is 12.1 Å². The largest absolute Gasteiger partial charge is 0.356 e. The molecule has 1 aromatic carbocycles. The first-order valence-corrected chi connectivity index (χ1v) is 7.18. The molecule has 3 rings (SSSR count). The molecule has 0 aliphatic rings. The fourth-order valence-corrected chi connectivity index (χ4v) is 2.10. The average Bonchev–Trinajstić information content (AvgIpc) is 3.03. The number of carbonyl (C=O) groups excluding carboxylic acids is 1. The van der Waals surface area contributed by atoms with Gasteiger partial charge in [-0.2, -0.15) is 0 Å². The topological polar surface area (TPSA) is 88.0 Å². The minimum absolute atomic E-state index is 0.217. The first kappa shape index (κ1) is 15.1. The Morgan fingerprint density at radius 3 is 2.70 bits per heavy atom. The summed E-state index contributed by atoms with van der Waals surface area (Å²) >= 11 is 5.84. The van der Waals surface area contributed by atoms with E-state index in [0.717, 1.165) is 5.56 Å². The Labute approximate surface area is 136 Å². The van der Waals surface area contributed by atoms with Crippen molar-refractivity contribution >= 4 is 17.5 Å². The molecule has 2 aromatic heterocycles. The Kier molecular flexibility index (Phi) is 4.25. The molecule has 0 aliphatic carbocycles. The van der Waals surface area contributed by atoms with E-state index in [2.05, 4.69) is 15.5 Å². The maximum Gasteiger partial charge on any atom is 0.253 e. The van der Waals surface area contributed by atoms with Crippen molar-refractivity contribution in [3.63, 3.8) is 0 Å². The number of aromatic amines is 1. The second-order valence-electron chi connectivity index (χ2n) is 4.81.